The molecule has 1 saturated heterocycles. The third-order valence-electron chi connectivity index (χ3n) is 5.18. The number of nitrogens with two attached hydrogens (primary N) is 1. The number of ether oxygens (including phenoxy) is 2. The van der Waals surface area contributed by atoms with Crippen molar-refractivity contribution >= 4 is 19.6 Å². The highest BCUT2D eigenvalue weighted by molar-refractivity contribution is 7.49. The number of anilines is 1. The number of hydrogen-bond donors (Lipinski definition) is 2. The van der Waals surface area contributed by atoms with E-state index in [2.05, 4.69) is 4.98 Å². The quantitative estimate of drug-likeness (QED) is 0.250. The van der Waals surface area contributed by atoms with Crippen LogP contribution in [-0.2, 0) is 27.9 Å². The van der Waals surface area contributed by atoms with E-state index in [0.717, 1.165) is 0 Å². The molecular weight excluding hydrogens is 531 g/mol. The third kappa shape index (κ3) is 6.38. The van der Waals surface area contributed by atoms with Crippen LogP contribution in [0.1, 0.15) is 27.0 Å². The van der Waals surface area contributed by atoms with E-state index in [4.69, 9.17) is 35.2 Å². The van der Waals surface area contributed by atoms with Gasteiger partial charge in [-0.3, -0.25) is 13.6 Å². The zero-order valence-electron chi connectivity index (χ0n) is 20.5. The normalized spacial score (nSPS) is 25.4. The van der Waals surface area contributed by atoms with Crippen molar-refractivity contribution in [1.82, 2.24) is 9.55 Å². The molecule has 38 heavy (non-hydrogen) atoms. The lowest BCUT2D eigenvalue weighted by Crippen LogP contribution is -2.44. The summed E-state index contributed by atoms with van der Waals surface area (Å²) in [6.45, 7) is 3.57. The summed E-state index contributed by atoms with van der Waals surface area (Å²) in [6, 6.07) is 7.63. The average Bonchev–Trinajstić information content (AvgIpc) is 3.10. The molecule has 3 rings (SSSR count). The third-order valence-corrected chi connectivity index (χ3v) is 6.66. The van der Waals surface area contributed by atoms with E-state index < -0.39 is 74.0 Å². The summed E-state index contributed by atoms with van der Waals surface area (Å²) in [5.74, 6) is -1.05. The van der Waals surface area contributed by atoms with Crippen LogP contribution < -0.4 is 15.9 Å². The summed E-state index contributed by atoms with van der Waals surface area (Å²) in [7, 11) is -4.66. The fraction of sp³-hybridized carbons (Fsp3) is 0.435. The van der Waals surface area contributed by atoms with Crippen LogP contribution in [0.2, 0.25) is 0 Å². The molecule has 15 heteroatoms. The van der Waals surface area contributed by atoms with Crippen LogP contribution in [0.25, 0.3) is 0 Å². The lowest BCUT2D eigenvalue weighted by molar-refractivity contribution is -0.156. The molecule has 1 aliphatic rings. The Kier molecular flexibility index (Phi) is 8.91. The smallest absolute Gasteiger partial charge is 0.461 e. The number of terminal acetylenes is 1. The molecule has 206 valence electrons. The molecule has 1 aliphatic heterocycles. The number of nitrogens with zero attached hydrogens (tertiary/aromatic N) is 2. The van der Waals surface area contributed by atoms with Crippen LogP contribution >= 0.6 is 7.82 Å². The number of nitrogen functional groups attached to an aromatic ring is 1. The Hall–Kier alpha value is -3.34. The van der Waals surface area contributed by atoms with Crippen molar-refractivity contribution < 1.29 is 46.3 Å². The lowest BCUT2D eigenvalue weighted by atomic mass is 9.97. The fourth-order valence-corrected chi connectivity index (χ4v) is 4.69. The standard InChI is InChI=1S/C23H26F2N3O9P/c1-5-23(25)18(29)17(35-21(23)28-11-16(24)19(26)27-22(28)31)12-33-38(32,37-15-9-7-6-8-10-15)36-14(4)20(30)34-13(2)3/h1,6-11,13-14,17-18,21,29H,12H2,2-4H3,(H2,26,27,31)/t14-,17+,18-,21+,23?,38-/m0/s1. The second-order valence-corrected chi connectivity index (χ2v) is 9.97. The minimum Gasteiger partial charge on any atom is -0.461 e. The first kappa shape index (κ1) is 29.2. The summed E-state index contributed by atoms with van der Waals surface area (Å²) in [5.41, 5.74) is 0.976. The van der Waals surface area contributed by atoms with Gasteiger partial charge in [0, 0.05) is 0 Å². The first-order valence-electron chi connectivity index (χ1n) is 11.2. The van der Waals surface area contributed by atoms with Crippen molar-refractivity contribution in [3.05, 3.63) is 52.8 Å². The summed E-state index contributed by atoms with van der Waals surface area (Å²) < 4.78 is 69.8. The Morgan fingerprint density at radius 3 is 2.63 bits per heavy atom. The van der Waals surface area contributed by atoms with Gasteiger partial charge in [0.2, 0.25) is 5.67 Å². The number of hydrogen-bond acceptors (Lipinski definition) is 11. The number of alkyl halides is 1. The predicted octanol–water partition coefficient (Wildman–Crippen LogP) is 2.12. The number of phosphoric acid groups is 1. The minimum absolute atomic E-state index is 0.0319. The van der Waals surface area contributed by atoms with E-state index in [9.17, 15) is 23.7 Å². The molecule has 1 aromatic heterocycles. The Labute approximate surface area is 216 Å². The number of esters is 1. The number of benzene rings is 1. The molecule has 0 aliphatic carbocycles. The summed E-state index contributed by atoms with van der Waals surface area (Å²) in [4.78, 5) is 27.7. The van der Waals surface area contributed by atoms with E-state index in [-0.39, 0.29) is 5.75 Å². The molecule has 12 nitrogen and oxygen atoms in total. The van der Waals surface area contributed by atoms with Crippen LogP contribution in [0.5, 0.6) is 5.75 Å². The van der Waals surface area contributed by atoms with Gasteiger partial charge >= 0.3 is 19.5 Å². The van der Waals surface area contributed by atoms with Crippen LogP contribution in [0.15, 0.2) is 41.3 Å². The van der Waals surface area contributed by atoms with Gasteiger partial charge < -0.3 is 24.8 Å². The highest BCUT2D eigenvalue weighted by Gasteiger charge is 2.58. The van der Waals surface area contributed by atoms with Crippen molar-refractivity contribution in [2.45, 2.75) is 57.1 Å². The number of aliphatic hydroxyl groups is 1. The van der Waals surface area contributed by atoms with Crippen molar-refractivity contribution in [1.29, 1.82) is 0 Å². The van der Waals surface area contributed by atoms with Crippen LogP contribution in [-0.4, -0.2) is 57.3 Å². The van der Waals surface area contributed by atoms with Crippen LogP contribution in [0, 0.1) is 18.2 Å². The second-order valence-electron chi connectivity index (χ2n) is 8.43. The molecule has 3 N–H and O–H groups in total. The first-order chi connectivity index (χ1) is 17.8. The van der Waals surface area contributed by atoms with Gasteiger partial charge in [-0.2, -0.15) is 4.98 Å². The molecule has 2 heterocycles. The molecule has 0 amide bonds. The zero-order valence-corrected chi connectivity index (χ0v) is 21.4. The van der Waals surface area contributed by atoms with Crippen molar-refractivity contribution in [3.63, 3.8) is 0 Å². The average molecular weight is 557 g/mol. The predicted molar refractivity (Wildman–Crippen MR) is 128 cm³/mol. The van der Waals surface area contributed by atoms with Crippen molar-refractivity contribution in [2.75, 3.05) is 12.3 Å². The number of carbonyl (C=O) groups is 1. The van der Waals surface area contributed by atoms with Gasteiger partial charge in [0.25, 0.3) is 0 Å². The monoisotopic (exact) mass is 557 g/mol. The maximum absolute atomic E-state index is 15.7. The second kappa shape index (κ2) is 11.6. The Morgan fingerprint density at radius 1 is 1.37 bits per heavy atom. The molecular formula is C23H26F2N3O9P. The van der Waals surface area contributed by atoms with Crippen LogP contribution in [0.3, 0.4) is 0 Å². The van der Waals surface area contributed by atoms with Crippen molar-refractivity contribution in [3.8, 4) is 18.1 Å². The van der Waals surface area contributed by atoms with Gasteiger partial charge in [-0.15, -0.1) is 6.42 Å². The van der Waals surface area contributed by atoms with E-state index in [1.165, 1.54) is 19.1 Å². The molecule has 0 saturated carbocycles. The number of halogens is 2. The van der Waals surface area contributed by atoms with Gasteiger partial charge in [-0.1, -0.05) is 24.1 Å². The maximum atomic E-state index is 15.7. The number of aromatic nitrogens is 2. The molecule has 1 aromatic carbocycles. The first-order valence-corrected chi connectivity index (χ1v) is 12.7. The summed E-state index contributed by atoms with van der Waals surface area (Å²) in [6.07, 6.45) is -2.01. The number of aliphatic hydroxyl groups excluding tert-OH is 1. The number of carbonyl (C=O) groups excluding carboxylic acids is 1. The lowest BCUT2D eigenvalue weighted by Gasteiger charge is -2.24. The van der Waals surface area contributed by atoms with E-state index in [0.29, 0.717) is 10.8 Å². The maximum Gasteiger partial charge on any atom is 0.530 e. The summed E-state index contributed by atoms with van der Waals surface area (Å²) in [5, 5.41) is 10.6. The molecule has 6 atom stereocenters. The molecule has 0 spiro atoms. The highest BCUT2D eigenvalue weighted by Crippen LogP contribution is 2.52. The van der Waals surface area contributed by atoms with Crippen molar-refractivity contribution in [2.24, 2.45) is 0 Å². The Morgan fingerprint density at radius 2 is 2.03 bits per heavy atom. The number of para-hydroxylation sites is 1. The van der Waals surface area contributed by atoms with Crippen LogP contribution in [0.4, 0.5) is 14.6 Å². The molecule has 1 unspecified atom stereocenters. The van der Waals surface area contributed by atoms with E-state index in [1.54, 1.807) is 38.0 Å². The van der Waals surface area contributed by atoms with Gasteiger partial charge in [-0.25, -0.2) is 22.9 Å². The Balaban J connectivity index is 1.85. The number of phosphoric ester groups is 1. The topological polar surface area (TPSA) is 161 Å². The van der Waals surface area contributed by atoms with Gasteiger partial charge in [0.05, 0.1) is 18.9 Å². The molecule has 0 bridgehead atoms. The number of rotatable bonds is 10. The van der Waals surface area contributed by atoms with E-state index in [1.807, 2.05) is 0 Å². The molecule has 2 aromatic rings. The molecule has 0 radical (unpaired) electrons. The SMILES string of the molecule is C#CC1(F)[C@@H](O)[C@@H](CO[P@](=O)(Oc2ccccc2)O[C@@H](C)C(=O)OC(C)C)O[C@H]1n1cc(F)c(N)nc1=O. The van der Waals surface area contributed by atoms with Gasteiger partial charge in [-0.05, 0) is 32.9 Å². The summed E-state index contributed by atoms with van der Waals surface area (Å²) >= 11 is 0. The molecule has 1 fully saturated rings. The van der Waals surface area contributed by atoms with E-state index >= 15 is 4.39 Å². The highest BCUT2D eigenvalue weighted by atomic mass is 31.2. The van der Waals surface area contributed by atoms with Gasteiger partial charge in [0.15, 0.2) is 24.0 Å². The van der Waals surface area contributed by atoms with Gasteiger partial charge in [0.1, 0.15) is 18.0 Å². The minimum atomic E-state index is -4.66. The zero-order chi connectivity index (χ0) is 28.3. The Bertz CT molecular complexity index is 1300. The fourth-order valence-electron chi connectivity index (χ4n) is 3.35. The largest absolute Gasteiger partial charge is 0.530 e.